The number of nitrogens with one attached hydrogen (secondary N) is 1. The van der Waals surface area contributed by atoms with Crippen LogP contribution in [0.1, 0.15) is 58.8 Å². The van der Waals surface area contributed by atoms with Gasteiger partial charge >= 0.3 is 5.97 Å². The molecule has 0 aromatic carbocycles. The van der Waals surface area contributed by atoms with E-state index in [0.717, 1.165) is 19.3 Å². The molecule has 0 rings (SSSR count). The first-order valence-electron chi connectivity index (χ1n) is 7.21. The van der Waals surface area contributed by atoms with E-state index in [2.05, 4.69) is 5.32 Å². The van der Waals surface area contributed by atoms with Gasteiger partial charge in [0.25, 0.3) is 0 Å². The van der Waals surface area contributed by atoms with Crippen LogP contribution in [-0.4, -0.2) is 39.6 Å². The fourth-order valence-electron chi connectivity index (χ4n) is 1.98. The fourth-order valence-corrected chi connectivity index (χ4v) is 1.98. The monoisotopic (exact) mass is 302 g/mol. The molecule has 0 saturated heterocycles. The van der Waals surface area contributed by atoms with Gasteiger partial charge in [-0.25, -0.2) is 4.79 Å². The number of aliphatic hydroxyl groups is 1. The first kappa shape index (κ1) is 19.4. The molecule has 0 aliphatic carbocycles. The van der Waals surface area contributed by atoms with E-state index in [0.29, 0.717) is 6.42 Å². The SMILES string of the molecule is CCCCCC(C)(O)CC(=O)NC(CCC(N)=O)C(=O)O. The summed E-state index contributed by atoms with van der Waals surface area (Å²) in [6.07, 6.45) is 2.91. The van der Waals surface area contributed by atoms with E-state index in [1.165, 1.54) is 0 Å². The van der Waals surface area contributed by atoms with Crippen molar-refractivity contribution in [3.05, 3.63) is 0 Å². The summed E-state index contributed by atoms with van der Waals surface area (Å²) >= 11 is 0. The molecule has 7 nitrogen and oxygen atoms in total. The van der Waals surface area contributed by atoms with Crippen LogP contribution in [0.5, 0.6) is 0 Å². The summed E-state index contributed by atoms with van der Waals surface area (Å²) in [5.41, 5.74) is 3.80. The van der Waals surface area contributed by atoms with E-state index in [1.807, 2.05) is 6.92 Å². The highest BCUT2D eigenvalue weighted by atomic mass is 16.4. The number of carboxylic acid groups (broad SMARTS) is 1. The molecule has 7 heteroatoms. The number of unbranched alkanes of at least 4 members (excludes halogenated alkanes) is 2. The highest BCUT2D eigenvalue weighted by Gasteiger charge is 2.27. The molecular formula is C14H26N2O5. The molecule has 2 amide bonds. The Morgan fingerprint density at radius 1 is 1.29 bits per heavy atom. The van der Waals surface area contributed by atoms with E-state index >= 15 is 0 Å². The molecular weight excluding hydrogens is 276 g/mol. The Labute approximate surface area is 124 Å². The smallest absolute Gasteiger partial charge is 0.326 e. The van der Waals surface area contributed by atoms with Gasteiger partial charge in [0.15, 0.2) is 0 Å². The summed E-state index contributed by atoms with van der Waals surface area (Å²) in [6.45, 7) is 3.60. The van der Waals surface area contributed by atoms with Crippen LogP contribution in [0.2, 0.25) is 0 Å². The van der Waals surface area contributed by atoms with E-state index < -0.39 is 29.4 Å². The van der Waals surface area contributed by atoms with Crippen LogP contribution in [0.15, 0.2) is 0 Å². The maximum atomic E-state index is 11.8. The van der Waals surface area contributed by atoms with E-state index in [9.17, 15) is 19.5 Å². The lowest BCUT2D eigenvalue weighted by Gasteiger charge is -2.23. The maximum absolute atomic E-state index is 11.8. The summed E-state index contributed by atoms with van der Waals surface area (Å²) in [7, 11) is 0. The quantitative estimate of drug-likeness (QED) is 0.414. The second kappa shape index (κ2) is 9.33. The van der Waals surface area contributed by atoms with Gasteiger partial charge in [-0.05, 0) is 19.8 Å². The third-order valence-corrected chi connectivity index (χ3v) is 3.17. The summed E-state index contributed by atoms with van der Waals surface area (Å²) in [5, 5.41) is 21.4. The fraction of sp³-hybridized carbons (Fsp3) is 0.786. The third-order valence-electron chi connectivity index (χ3n) is 3.17. The van der Waals surface area contributed by atoms with Crippen molar-refractivity contribution in [2.24, 2.45) is 5.73 Å². The van der Waals surface area contributed by atoms with Gasteiger partial charge in [-0.1, -0.05) is 26.2 Å². The van der Waals surface area contributed by atoms with Crippen LogP contribution < -0.4 is 11.1 Å². The number of amides is 2. The van der Waals surface area contributed by atoms with Gasteiger partial charge in [0.1, 0.15) is 6.04 Å². The molecule has 2 atom stereocenters. The van der Waals surface area contributed by atoms with Crippen molar-refractivity contribution in [3.8, 4) is 0 Å². The van der Waals surface area contributed by atoms with Gasteiger partial charge in [-0.3, -0.25) is 9.59 Å². The number of hydrogen-bond acceptors (Lipinski definition) is 4. The summed E-state index contributed by atoms with van der Waals surface area (Å²) in [6, 6.07) is -1.17. The number of carboxylic acids is 1. The molecule has 2 unspecified atom stereocenters. The Morgan fingerprint density at radius 3 is 2.38 bits per heavy atom. The predicted octanol–water partition coefficient (Wildman–Crippen LogP) is 0.543. The lowest BCUT2D eigenvalue weighted by molar-refractivity contribution is -0.143. The van der Waals surface area contributed by atoms with E-state index in [-0.39, 0.29) is 19.3 Å². The summed E-state index contributed by atoms with van der Waals surface area (Å²) < 4.78 is 0. The molecule has 0 heterocycles. The Balaban J connectivity index is 4.35. The predicted molar refractivity (Wildman–Crippen MR) is 77.4 cm³/mol. The largest absolute Gasteiger partial charge is 0.480 e. The number of hydrogen-bond donors (Lipinski definition) is 4. The zero-order valence-corrected chi connectivity index (χ0v) is 12.7. The Morgan fingerprint density at radius 2 is 1.90 bits per heavy atom. The molecule has 0 aromatic heterocycles. The molecule has 0 fully saturated rings. The lowest BCUT2D eigenvalue weighted by Crippen LogP contribution is -2.44. The molecule has 122 valence electrons. The van der Waals surface area contributed by atoms with Crippen molar-refractivity contribution in [2.45, 2.75) is 70.4 Å². The van der Waals surface area contributed by atoms with E-state index in [4.69, 9.17) is 10.8 Å². The van der Waals surface area contributed by atoms with Crippen LogP contribution in [0.25, 0.3) is 0 Å². The second-order valence-corrected chi connectivity index (χ2v) is 5.59. The molecule has 21 heavy (non-hydrogen) atoms. The standard InChI is InChI=1S/C14H26N2O5/c1-3-4-5-8-14(2,21)9-12(18)16-10(13(19)20)6-7-11(15)17/h10,21H,3-9H2,1-2H3,(H2,15,17)(H,16,18)(H,19,20). The molecule has 0 bridgehead atoms. The molecule has 0 saturated carbocycles. The number of rotatable bonds is 11. The zero-order chi connectivity index (χ0) is 16.5. The van der Waals surface area contributed by atoms with Crippen LogP contribution in [0.3, 0.4) is 0 Å². The van der Waals surface area contributed by atoms with Crippen LogP contribution in [0.4, 0.5) is 0 Å². The van der Waals surface area contributed by atoms with Gasteiger partial charge in [0, 0.05) is 6.42 Å². The number of aliphatic carboxylic acids is 1. The lowest BCUT2D eigenvalue weighted by atomic mass is 9.94. The van der Waals surface area contributed by atoms with Gasteiger partial charge in [0.2, 0.25) is 11.8 Å². The number of carbonyl (C=O) groups is 3. The van der Waals surface area contributed by atoms with Crippen LogP contribution >= 0.6 is 0 Å². The minimum absolute atomic E-state index is 0.0611. The number of carbonyl (C=O) groups excluding carboxylic acids is 2. The van der Waals surface area contributed by atoms with Crippen molar-refractivity contribution in [3.63, 3.8) is 0 Å². The van der Waals surface area contributed by atoms with Gasteiger partial charge in [-0.15, -0.1) is 0 Å². The first-order valence-corrected chi connectivity index (χ1v) is 7.21. The first-order chi connectivity index (χ1) is 9.68. The zero-order valence-electron chi connectivity index (χ0n) is 12.7. The second-order valence-electron chi connectivity index (χ2n) is 5.59. The minimum atomic E-state index is -1.23. The van der Waals surface area contributed by atoms with Gasteiger partial charge in [0.05, 0.1) is 12.0 Å². The van der Waals surface area contributed by atoms with Crippen molar-refractivity contribution in [1.82, 2.24) is 5.32 Å². The maximum Gasteiger partial charge on any atom is 0.326 e. The molecule has 0 spiro atoms. The van der Waals surface area contributed by atoms with Crippen molar-refractivity contribution in [2.75, 3.05) is 0 Å². The Hall–Kier alpha value is -1.63. The average molecular weight is 302 g/mol. The molecule has 0 aliphatic rings. The highest BCUT2D eigenvalue weighted by molar-refractivity contribution is 5.84. The number of nitrogens with two attached hydrogens (primary N) is 1. The Kier molecular flexibility index (Phi) is 8.61. The van der Waals surface area contributed by atoms with Gasteiger partial charge < -0.3 is 21.3 Å². The third kappa shape index (κ3) is 9.84. The summed E-state index contributed by atoms with van der Waals surface area (Å²) in [5.74, 6) is -2.40. The number of primary amides is 1. The van der Waals surface area contributed by atoms with E-state index in [1.54, 1.807) is 6.92 Å². The van der Waals surface area contributed by atoms with Crippen molar-refractivity contribution < 1.29 is 24.6 Å². The topological polar surface area (TPSA) is 130 Å². The molecule has 0 radical (unpaired) electrons. The molecule has 5 N–H and O–H groups in total. The van der Waals surface area contributed by atoms with Crippen molar-refractivity contribution >= 4 is 17.8 Å². The normalized spacial score (nSPS) is 15.0. The summed E-state index contributed by atoms with van der Waals surface area (Å²) in [4.78, 5) is 33.5. The van der Waals surface area contributed by atoms with Crippen LogP contribution in [-0.2, 0) is 14.4 Å². The molecule has 0 aromatic rings. The Bertz CT molecular complexity index is 368. The van der Waals surface area contributed by atoms with Crippen LogP contribution in [0, 0.1) is 0 Å². The van der Waals surface area contributed by atoms with Crippen molar-refractivity contribution in [1.29, 1.82) is 0 Å². The minimum Gasteiger partial charge on any atom is -0.480 e. The highest BCUT2D eigenvalue weighted by Crippen LogP contribution is 2.18. The van der Waals surface area contributed by atoms with Gasteiger partial charge in [-0.2, -0.15) is 0 Å². The molecule has 0 aliphatic heterocycles. The average Bonchev–Trinajstić information content (AvgIpc) is 2.33.